The van der Waals surface area contributed by atoms with E-state index in [0.717, 1.165) is 4.47 Å². The predicted molar refractivity (Wildman–Crippen MR) is 72.6 cm³/mol. The number of benzene rings is 2. The Labute approximate surface area is 113 Å². The Kier molecular flexibility index (Phi) is 3.87. The van der Waals surface area contributed by atoms with E-state index >= 15 is 0 Å². The first kappa shape index (κ1) is 12.9. The minimum atomic E-state index is -0.313. The zero-order valence-electron chi connectivity index (χ0n) is 10.0. The maximum atomic E-state index is 13.9. The molecular formula is C14H12BrFO2. The molecule has 18 heavy (non-hydrogen) atoms. The summed E-state index contributed by atoms with van der Waals surface area (Å²) in [6.45, 7) is 0. The fourth-order valence-corrected chi connectivity index (χ4v) is 2.32. The molecule has 0 amide bonds. The monoisotopic (exact) mass is 310 g/mol. The highest BCUT2D eigenvalue weighted by Crippen LogP contribution is 2.43. The van der Waals surface area contributed by atoms with Crippen LogP contribution in [0.1, 0.15) is 0 Å². The molecular weight excluding hydrogens is 299 g/mol. The van der Waals surface area contributed by atoms with Crippen molar-refractivity contribution in [2.45, 2.75) is 0 Å². The first-order chi connectivity index (χ1) is 8.69. The van der Waals surface area contributed by atoms with Crippen LogP contribution in [0.3, 0.4) is 0 Å². The molecule has 2 rings (SSSR count). The molecule has 0 saturated heterocycles. The standard InChI is InChI=1S/C14H12BrFO2/c1-17-12-8-7-10(15)14(18-2)13(12)9-5-3-4-6-11(9)16/h3-8H,1-2H3. The smallest absolute Gasteiger partial charge is 0.144 e. The van der Waals surface area contributed by atoms with Crippen LogP contribution in [0.15, 0.2) is 40.9 Å². The van der Waals surface area contributed by atoms with Crippen LogP contribution in [0.2, 0.25) is 0 Å². The largest absolute Gasteiger partial charge is 0.496 e. The highest BCUT2D eigenvalue weighted by atomic mass is 79.9. The van der Waals surface area contributed by atoms with E-state index in [1.165, 1.54) is 6.07 Å². The Morgan fingerprint density at radius 2 is 1.72 bits per heavy atom. The zero-order chi connectivity index (χ0) is 13.1. The normalized spacial score (nSPS) is 10.2. The summed E-state index contributed by atoms with van der Waals surface area (Å²) in [5, 5.41) is 0. The lowest BCUT2D eigenvalue weighted by Crippen LogP contribution is -1.95. The van der Waals surface area contributed by atoms with Crippen molar-refractivity contribution in [1.29, 1.82) is 0 Å². The van der Waals surface area contributed by atoms with E-state index in [9.17, 15) is 4.39 Å². The van der Waals surface area contributed by atoms with Gasteiger partial charge in [-0.2, -0.15) is 0 Å². The van der Waals surface area contributed by atoms with E-state index in [0.29, 0.717) is 22.6 Å². The van der Waals surface area contributed by atoms with Crippen LogP contribution in [0.5, 0.6) is 11.5 Å². The van der Waals surface area contributed by atoms with Gasteiger partial charge in [0.25, 0.3) is 0 Å². The van der Waals surface area contributed by atoms with E-state index in [-0.39, 0.29) is 5.82 Å². The van der Waals surface area contributed by atoms with Crippen molar-refractivity contribution in [3.8, 4) is 22.6 Å². The van der Waals surface area contributed by atoms with E-state index < -0.39 is 0 Å². The van der Waals surface area contributed by atoms with Crippen molar-refractivity contribution in [1.82, 2.24) is 0 Å². The topological polar surface area (TPSA) is 18.5 Å². The first-order valence-corrected chi connectivity index (χ1v) is 6.13. The van der Waals surface area contributed by atoms with E-state index in [1.807, 2.05) is 6.07 Å². The molecule has 0 heterocycles. The SMILES string of the molecule is COc1ccc(Br)c(OC)c1-c1ccccc1F. The Morgan fingerprint density at radius 3 is 2.33 bits per heavy atom. The fraction of sp³-hybridized carbons (Fsp3) is 0.143. The van der Waals surface area contributed by atoms with Gasteiger partial charge in [0, 0.05) is 5.56 Å². The van der Waals surface area contributed by atoms with Gasteiger partial charge in [-0.05, 0) is 34.1 Å². The summed E-state index contributed by atoms with van der Waals surface area (Å²) in [6, 6.07) is 10.1. The second-order valence-corrected chi connectivity index (χ2v) is 4.49. The maximum Gasteiger partial charge on any atom is 0.144 e. The number of rotatable bonds is 3. The van der Waals surface area contributed by atoms with Gasteiger partial charge in [0.05, 0.1) is 24.3 Å². The molecule has 2 aromatic carbocycles. The van der Waals surface area contributed by atoms with Gasteiger partial charge in [-0.15, -0.1) is 0 Å². The van der Waals surface area contributed by atoms with Crippen molar-refractivity contribution in [3.05, 3.63) is 46.7 Å². The average Bonchev–Trinajstić information content (AvgIpc) is 2.39. The van der Waals surface area contributed by atoms with Gasteiger partial charge in [0.15, 0.2) is 0 Å². The van der Waals surface area contributed by atoms with Crippen LogP contribution in [0, 0.1) is 5.82 Å². The van der Waals surface area contributed by atoms with Gasteiger partial charge in [-0.3, -0.25) is 0 Å². The van der Waals surface area contributed by atoms with Crippen molar-refractivity contribution >= 4 is 15.9 Å². The second kappa shape index (κ2) is 5.40. The number of methoxy groups -OCH3 is 2. The molecule has 0 atom stereocenters. The van der Waals surface area contributed by atoms with Crippen molar-refractivity contribution in [2.75, 3.05) is 14.2 Å². The summed E-state index contributed by atoms with van der Waals surface area (Å²) in [5.41, 5.74) is 1.06. The molecule has 0 aliphatic heterocycles. The van der Waals surface area contributed by atoms with Crippen LogP contribution in [0.25, 0.3) is 11.1 Å². The minimum Gasteiger partial charge on any atom is -0.496 e. The van der Waals surface area contributed by atoms with Gasteiger partial charge in [0.2, 0.25) is 0 Å². The van der Waals surface area contributed by atoms with Crippen LogP contribution in [0.4, 0.5) is 4.39 Å². The van der Waals surface area contributed by atoms with Crippen LogP contribution < -0.4 is 9.47 Å². The van der Waals surface area contributed by atoms with Gasteiger partial charge in [-0.25, -0.2) is 4.39 Å². The molecule has 0 unspecified atom stereocenters. The van der Waals surface area contributed by atoms with Crippen LogP contribution >= 0.6 is 15.9 Å². The first-order valence-electron chi connectivity index (χ1n) is 5.34. The summed E-state index contributed by atoms with van der Waals surface area (Å²) in [7, 11) is 3.09. The second-order valence-electron chi connectivity index (χ2n) is 3.64. The lowest BCUT2D eigenvalue weighted by atomic mass is 10.0. The van der Waals surface area contributed by atoms with E-state index in [2.05, 4.69) is 15.9 Å². The molecule has 0 fully saturated rings. The van der Waals surface area contributed by atoms with Gasteiger partial charge >= 0.3 is 0 Å². The molecule has 0 saturated carbocycles. The molecule has 0 bridgehead atoms. The molecule has 2 aromatic rings. The Bertz CT molecular complexity index is 570. The molecule has 0 N–H and O–H groups in total. The summed E-state index contributed by atoms with van der Waals surface area (Å²) < 4.78 is 25.3. The Hall–Kier alpha value is -1.55. The predicted octanol–water partition coefficient (Wildman–Crippen LogP) is 4.27. The quantitative estimate of drug-likeness (QED) is 0.842. The van der Waals surface area contributed by atoms with E-state index in [1.54, 1.807) is 38.5 Å². The summed E-state index contributed by atoms with van der Waals surface area (Å²) >= 11 is 3.39. The molecule has 0 aromatic heterocycles. The van der Waals surface area contributed by atoms with E-state index in [4.69, 9.17) is 9.47 Å². The number of hydrogen-bond acceptors (Lipinski definition) is 2. The van der Waals surface area contributed by atoms with Gasteiger partial charge < -0.3 is 9.47 Å². The Balaban J connectivity index is 2.76. The molecule has 0 aliphatic carbocycles. The fourth-order valence-electron chi connectivity index (χ4n) is 1.83. The minimum absolute atomic E-state index is 0.313. The van der Waals surface area contributed by atoms with Gasteiger partial charge in [0.1, 0.15) is 17.3 Å². The third kappa shape index (κ3) is 2.20. The molecule has 0 spiro atoms. The third-order valence-electron chi connectivity index (χ3n) is 2.64. The maximum absolute atomic E-state index is 13.9. The highest BCUT2D eigenvalue weighted by Gasteiger charge is 2.18. The number of hydrogen-bond donors (Lipinski definition) is 0. The van der Waals surface area contributed by atoms with Crippen molar-refractivity contribution < 1.29 is 13.9 Å². The lowest BCUT2D eigenvalue weighted by molar-refractivity contribution is 0.395. The Morgan fingerprint density at radius 1 is 1.00 bits per heavy atom. The summed E-state index contributed by atoms with van der Waals surface area (Å²) in [6.07, 6.45) is 0. The third-order valence-corrected chi connectivity index (χ3v) is 3.26. The molecule has 4 heteroatoms. The molecule has 94 valence electrons. The summed E-state index contributed by atoms with van der Waals surface area (Å²) in [5.74, 6) is 0.812. The molecule has 0 radical (unpaired) electrons. The lowest BCUT2D eigenvalue weighted by Gasteiger charge is -2.15. The number of halogens is 2. The highest BCUT2D eigenvalue weighted by molar-refractivity contribution is 9.10. The summed E-state index contributed by atoms with van der Waals surface area (Å²) in [4.78, 5) is 0. The average molecular weight is 311 g/mol. The number of ether oxygens (including phenoxy) is 2. The van der Waals surface area contributed by atoms with Crippen LogP contribution in [-0.2, 0) is 0 Å². The van der Waals surface area contributed by atoms with Crippen molar-refractivity contribution in [2.24, 2.45) is 0 Å². The van der Waals surface area contributed by atoms with Gasteiger partial charge in [-0.1, -0.05) is 18.2 Å². The van der Waals surface area contributed by atoms with Crippen LogP contribution in [-0.4, -0.2) is 14.2 Å². The zero-order valence-corrected chi connectivity index (χ0v) is 11.6. The molecule has 2 nitrogen and oxygen atoms in total. The molecule has 0 aliphatic rings. The van der Waals surface area contributed by atoms with Crippen molar-refractivity contribution in [3.63, 3.8) is 0 Å².